The van der Waals surface area contributed by atoms with Crippen LogP contribution in [-0.2, 0) is 14.8 Å². The molecule has 0 saturated carbocycles. The lowest BCUT2D eigenvalue weighted by Crippen LogP contribution is -2.33. The minimum Gasteiger partial charge on any atom is -0.365 e. The second kappa shape index (κ2) is 8.33. The highest BCUT2D eigenvalue weighted by Crippen LogP contribution is 2.19. The quantitative estimate of drug-likeness (QED) is 0.808. The number of anilines is 2. The van der Waals surface area contributed by atoms with Crippen molar-refractivity contribution in [1.29, 1.82) is 0 Å². The Balaban J connectivity index is 2.02. The van der Waals surface area contributed by atoms with Gasteiger partial charge in [-0.1, -0.05) is 18.2 Å². The van der Waals surface area contributed by atoms with Crippen molar-refractivity contribution < 1.29 is 13.2 Å². The number of rotatable bonds is 7. The number of para-hydroxylation sites is 1. The second-order valence-electron chi connectivity index (χ2n) is 6.38. The van der Waals surface area contributed by atoms with Gasteiger partial charge in [-0.2, -0.15) is 4.31 Å². The maximum atomic E-state index is 12.4. The molecule has 0 aliphatic rings. The molecule has 0 spiro atoms. The van der Waals surface area contributed by atoms with Gasteiger partial charge in [0.2, 0.25) is 15.9 Å². The van der Waals surface area contributed by atoms with Gasteiger partial charge < -0.3 is 10.2 Å². The maximum absolute atomic E-state index is 12.4. The van der Waals surface area contributed by atoms with Crippen molar-refractivity contribution in [3.8, 4) is 0 Å². The van der Waals surface area contributed by atoms with Gasteiger partial charge in [-0.3, -0.25) is 4.79 Å². The summed E-state index contributed by atoms with van der Waals surface area (Å²) < 4.78 is 26.2. The van der Waals surface area contributed by atoms with Crippen LogP contribution in [0.25, 0.3) is 0 Å². The zero-order valence-corrected chi connectivity index (χ0v) is 16.3. The van der Waals surface area contributed by atoms with E-state index in [9.17, 15) is 13.2 Å². The fourth-order valence-corrected chi connectivity index (χ4v) is 3.71. The molecule has 0 aliphatic carbocycles. The van der Waals surface area contributed by atoms with Crippen LogP contribution in [0.15, 0.2) is 59.5 Å². The molecule has 0 heterocycles. The summed E-state index contributed by atoms with van der Waals surface area (Å²) in [5, 5.41) is 2.78. The summed E-state index contributed by atoms with van der Waals surface area (Å²) in [5.74, 6) is -0.175. The molecule has 2 aromatic carbocycles. The van der Waals surface area contributed by atoms with Crippen LogP contribution in [-0.4, -0.2) is 45.3 Å². The number of benzene rings is 2. The number of sulfonamides is 1. The zero-order chi connectivity index (χ0) is 19.3. The summed E-state index contributed by atoms with van der Waals surface area (Å²) in [5.41, 5.74) is 1.50. The van der Waals surface area contributed by atoms with Crippen molar-refractivity contribution in [3.63, 3.8) is 0 Å². The van der Waals surface area contributed by atoms with Gasteiger partial charge in [0.25, 0.3) is 0 Å². The summed E-state index contributed by atoms with van der Waals surface area (Å²) in [6, 6.07) is 15.7. The van der Waals surface area contributed by atoms with Gasteiger partial charge in [0, 0.05) is 31.5 Å². The van der Waals surface area contributed by atoms with Gasteiger partial charge in [0.1, 0.15) is 0 Å². The molecule has 0 atom stereocenters. The Kier molecular flexibility index (Phi) is 6.39. The van der Waals surface area contributed by atoms with E-state index in [1.54, 1.807) is 19.2 Å². The number of likely N-dealkylation sites (N-methyl/N-ethyl adjacent to an activating group) is 1. The molecule has 0 fully saturated rings. The van der Waals surface area contributed by atoms with Crippen LogP contribution in [0.3, 0.4) is 0 Å². The first kappa shape index (κ1) is 19.9. The first-order chi connectivity index (χ1) is 12.2. The third-order valence-electron chi connectivity index (χ3n) is 4.12. The molecule has 7 heteroatoms. The van der Waals surface area contributed by atoms with Crippen LogP contribution in [0.1, 0.15) is 13.8 Å². The first-order valence-electron chi connectivity index (χ1n) is 8.36. The molecule has 0 aliphatic heterocycles. The summed E-state index contributed by atoms with van der Waals surface area (Å²) >= 11 is 0. The van der Waals surface area contributed by atoms with Crippen LogP contribution in [0, 0.1) is 0 Å². The predicted octanol–water partition coefficient (Wildman–Crippen LogP) is 2.79. The predicted molar refractivity (Wildman–Crippen MR) is 105 cm³/mol. The van der Waals surface area contributed by atoms with Gasteiger partial charge in [-0.15, -0.1) is 0 Å². The van der Waals surface area contributed by atoms with Crippen molar-refractivity contribution in [3.05, 3.63) is 54.6 Å². The molecule has 6 nitrogen and oxygen atoms in total. The molecular formula is C19H25N3O3S. The van der Waals surface area contributed by atoms with Crippen LogP contribution >= 0.6 is 0 Å². The number of amides is 1. The fourth-order valence-electron chi connectivity index (χ4n) is 2.34. The van der Waals surface area contributed by atoms with E-state index in [1.807, 2.05) is 56.1 Å². The van der Waals surface area contributed by atoms with E-state index in [4.69, 9.17) is 0 Å². The molecule has 0 bridgehead atoms. The summed E-state index contributed by atoms with van der Waals surface area (Å²) in [6.45, 7) is 3.82. The average molecular weight is 375 g/mol. The van der Waals surface area contributed by atoms with Crippen LogP contribution in [0.5, 0.6) is 0 Å². The summed E-state index contributed by atoms with van der Waals surface area (Å²) in [6.07, 6.45) is 0. The zero-order valence-electron chi connectivity index (χ0n) is 15.5. The number of nitrogens with one attached hydrogen (secondary N) is 1. The van der Waals surface area contributed by atoms with Gasteiger partial charge >= 0.3 is 0 Å². The van der Waals surface area contributed by atoms with Crippen molar-refractivity contribution in [2.45, 2.75) is 24.8 Å². The lowest BCUT2D eigenvalue weighted by molar-refractivity contribution is -0.114. The normalized spacial score (nSPS) is 11.6. The van der Waals surface area contributed by atoms with Gasteiger partial charge in [0.15, 0.2) is 0 Å². The highest BCUT2D eigenvalue weighted by Gasteiger charge is 2.22. The maximum Gasteiger partial charge on any atom is 0.243 e. The Morgan fingerprint density at radius 2 is 1.58 bits per heavy atom. The molecule has 140 valence electrons. The summed E-state index contributed by atoms with van der Waals surface area (Å²) in [7, 11) is -0.136. The van der Waals surface area contributed by atoms with Crippen molar-refractivity contribution in [1.82, 2.24) is 4.31 Å². The molecule has 2 aromatic rings. The van der Waals surface area contributed by atoms with E-state index in [-0.39, 0.29) is 23.4 Å². The van der Waals surface area contributed by atoms with Crippen molar-refractivity contribution in [2.24, 2.45) is 0 Å². The smallest absolute Gasteiger partial charge is 0.243 e. The monoisotopic (exact) mass is 375 g/mol. The highest BCUT2D eigenvalue weighted by atomic mass is 32.2. The number of carbonyl (C=O) groups excluding carboxylic acids is 1. The SMILES string of the molecule is CC(C)N(C)S(=O)(=O)c1ccc(NC(=O)CN(C)c2ccccc2)cc1. The van der Waals surface area contributed by atoms with Gasteiger partial charge in [0.05, 0.1) is 11.4 Å². The average Bonchev–Trinajstić information content (AvgIpc) is 2.62. The molecule has 26 heavy (non-hydrogen) atoms. The lowest BCUT2D eigenvalue weighted by atomic mass is 10.3. The number of carbonyl (C=O) groups is 1. The number of hydrogen-bond donors (Lipinski definition) is 1. The second-order valence-corrected chi connectivity index (χ2v) is 8.38. The molecule has 0 radical (unpaired) electrons. The van der Waals surface area contributed by atoms with Gasteiger partial charge in [-0.25, -0.2) is 8.42 Å². The summed E-state index contributed by atoms with van der Waals surface area (Å²) in [4.78, 5) is 14.2. The van der Waals surface area contributed by atoms with Crippen molar-refractivity contribution >= 4 is 27.3 Å². The topological polar surface area (TPSA) is 69.7 Å². The van der Waals surface area contributed by atoms with Crippen molar-refractivity contribution in [2.75, 3.05) is 30.9 Å². The molecule has 0 aromatic heterocycles. The largest absolute Gasteiger partial charge is 0.365 e. The standard InChI is InChI=1S/C19H25N3O3S/c1-15(2)22(4)26(24,25)18-12-10-16(11-13-18)20-19(23)14-21(3)17-8-6-5-7-9-17/h5-13,15H,14H2,1-4H3,(H,20,23). The Bertz CT molecular complexity index is 834. The van der Waals surface area contributed by atoms with Crippen LogP contribution < -0.4 is 10.2 Å². The third-order valence-corrected chi connectivity index (χ3v) is 6.17. The lowest BCUT2D eigenvalue weighted by Gasteiger charge is -2.21. The highest BCUT2D eigenvalue weighted by molar-refractivity contribution is 7.89. The Morgan fingerprint density at radius 3 is 2.12 bits per heavy atom. The molecular weight excluding hydrogens is 350 g/mol. The van der Waals surface area contributed by atoms with E-state index in [0.29, 0.717) is 5.69 Å². The molecule has 0 saturated heterocycles. The third kappa shape index (κ3) is 4.83. The van der Waals surface area contributed by atoms with E-state index < -0.39 is 10.0 Å². The Morgan fingerprint density at radius 1 is 1.00 bits per heavy atom. The Labute approximate surface area is 155 Å². The van der Waals surface area contributed by atoms with E-state index in [1.165, 1.54) is 16.4 Å². The van der Waals surface area contributed by atoms with E-state index in [2.05, 4.69) is 5.32 Å². The molecule has 1 amide bonds. The molecule has 1 N–H and O–H groups in total. The minimum absolute atomic E-state index is 0.132. The molecule has 2 rings (SSSR count). The van der Waals surface area contributed by atoms with Crippen LogP contribution in [0.2, 0.25) is 0 Å². The molecule has 0 unspecified atom stereocenters. The van der Waals surface area contributed by atoms with E-state index >= 15 is 0 Å². The Hall–Kier alpha value is -2.38. The van der Waals surface area contributed by atoms with Gasteiger partial charge in [-0.05, 0) is 50.2 Å². The fraction of sp³-hybridized carbons (Fsp3) is 0.316. The van der Waals surface area contributed by atoms with Crippen LogP contribution in [0.4, 0.5) is 11.4 Å². The number of nitrogens with zero attached hydrogens (tertiary/aromatic N) is 2. The first-order valence-corrected chi connectivity index (χ1v) is 9.80. The minimum atomic E-state index is -3.53. The number of hydrogen-bond acceptors (Lipinski definition) is 4. The van der Waals surface area contributed by atoms with E-state index in [0.717, 1.165) is 5.69 Å².